The van der Waals surface area contributed by atoms with Crippen LogP contribution in [0.4, 0.5) is 23.1 Å². The third-order valence-electron chi connectivity index (χ3n) is 6.03. The van der Waals surface area contributed by atoms with Gasteiger partial charge >= 0.3 is 0 Å². The number of nitrogens with one attached hydrogen (secondary N) is 2. The van der Waals surface area contributed by atoms with E-state index in [-0.39, 0.29) is 0 Å². The summed E-state index contributed by atoms with van der Waals surface area (Å²) >= 11 is 1.60. The predicted octanol–water partition coefficient (Wildman–Crippen LogP) is 5.58. The Balaban J connectivity index is 1.41. The molecule has 0 saturated carbocycles. The quantitative estimate of drug-likeness (QED) is 0.243. The number of nitrogens with zero attached hydrogens (tertiary/aromatic N) is 6. The van der Waals surface area contributed by atoms with Gasteiger partial charge in [0.25, 0.3) is 0 Å². The van der Waals surface area contributed by atoms with E-state index in [0.29, 0.717) is 45.9 Å². The van der Waals surface area contributed by atoms with Crippen LogP contribution in [-0.4, -0.2) is 50.4 Å². The minimum absolute atomic E-state index is 0.407. The number of aromatic nitrogens is 6. The van der Waals surface area contributed by atoms with E-state index in [0.717, 1.165) is 17.1 Å². The maximum atomic E-state index is 5.52. The Labute approximate surface area is 227 Å². The van der Waals surface area contributed by atoms with Crippen molar-refractivity contribution in [2.24, 2.45) is 0 Å². The molecule has 6 rings (SSSR count). The second kappa shape index (κ2) is 10.3. The summed E-state index contributed by atoms with van der Waals surface area (Å²) in [6.45, 7) is 0. The maximum Gasteiger partial charge on any atom is 0.231 e. The van der Waals surface area contributed by atoms with E-state index in [1.54, 1.807) is 51.5 Å². The molecule has 2 aromatic carbocycles. The van der Waals surface area contributed by atoms with Crippen LogP contribution in [0.3, 0.4) is 0 Å². The Morgan fingerprint density at radius 2 is 1.62 bits per heavy atom. The summed E-state index contributed by atoms with van der Waals surface area (Å²) in [4.78, 5) is 18.3. The molecular formula is C27H24N8O3S. The molecular weight excluding hydrogens is 516 g/mol. The lowest BCUT2D eigenvalue weighted by molar-refractivity contribution is 0.324. The van der Waals surface area contributed by atoms with Gasteiger partial charge in [-0.25, -0.2) is 9.97 Å². The molecule has 0 atom stereocenters. The lowest BCUT2D eigenvalue weighted by atomic mass is 10.2. The standard InChI is InChI=1S/C27H24N8O3S/c1-36-21-12-18(13-22(37-2)24(21)38-3)30-25-23-26(35(16-29-23)20-8-11-39-14-20)33-27(32-25)31-17-4-6-19(7-5-17)34-10-9-28-15-34/h4-16H,1-3H3,(H2,30,31,32,33). The molecule has 12 heteroatoms. The summed E-state index contributed by atoms with van der Waals surface area (Å²) in [5.41, 5.74) is 4.74. The van der Waals surface area contributed by atoms with Crippen LogP contribution in [0.5, 0.6) is 17.2 Å². The summed E-state index contributed by atoms with van der Waals surface area (Å²) in [7, 11) is 4.72. The zero-order valence-electron chi connectivity index (χ0n) is 21.3. The van der Waals surface area contributed by atoms with Gasteiger partial charge in [0, 0.05) is 47.0 Å². The van der Waals surface area contributed by atoms with Crippen molar-refractivity contribution in [3.05, 3.63) is 78.3 Å². The molecule has 11 nitrogen and oxygen atoms in total. The summed E-state index contributed by atoms with van der Waals surface area (Å²) in [5, 5.41) is 10.7. The molecule has 0 aliphatic rings. The van der Waals surface area contributed by atoms with Gasteiger partial charge < -0.3 is 29.4 Å². The molecule has 4 heterocycles. The molecule has 0 spiro atoms. The highest BCUT2D eigenvalue weighted by molar-refractivity contribution is 7.08. The fourth-order valence-corrected chi connectivity index (χ4v) is 4.80. The number of fused-ring (bicyclic) bond motifs is 1. The third-order valence-corrected chi connectivity index (χ3v) is 6.70. The zero-order valence-corrected chi connectivity index (χ0v) is 22.1. The zero-order chi connectivity index (χ0) is 26.8. The number of anilines is 4. The molecule has 196 valence electrons. The average molecular weight is 541 g/mol. The van der Waals surface area contributed by atoms with Gasteiger partial charge in [0.05, 0.1) is 33.3 Å². The van der Waals surface area contributed by atoms with Gasteiger partial charge in [-0.1, -0.05) is 0 Å². The van der Waals surface area contributed by atoms with Gasteiger partial charge in [-0.3, -0.25) is 4.57 Å². The van der Waals surface area contributed by atoms with Crippen LogP contribution < -0.4 is 24.8 Å². The molecule has 0 amide bonds. The van der Waals surface area contributed by atoms with E-state index in [4.69, 9.17) is 24.2 Å². The van der Waals surface area contributed by atoms with Crippen molar-refractivity contribution in [2.45, 2.75) is 0 Å². The van der Waals surface area contributed by atoms with E-state index >= 15 is 0 Å². The van der Waals surface area contributed by atoms with E-state index in [1.807, 2.05) is 68.6 Å². The van der Waals surface area contributed by atoms with Crippen molar-refractivity contribution in [3.8, 4) is 28.6 Å². The molecule has 0 aliphatic carbocycles. The number of thiophene rings is 1. The lowest BCUT2D eigenvalue weighted by Gasteiger charge is -2.15. The van der Waals surface area contributed by atoms with E-state index in [2.05, 4.69) is 20.6 Å². The third kappa shape index (κ3) is 4.68. The summed E-state index contributed by atoms with van der Waals surface area (Å²) in [6, 6.07) is 13.6. The molecule has 0 radical (unpaired) electrons. The van der Waals surface area contributed by atoms with Crippen molar-refractivity contribution in [1.82, 2.24) is 29.1 Å². The maximum absolute atomic E-state index is 5.52. The van der Waals surface area contributed by atoms with Gasteiger partial charge in [-0.2, -0.15) is 21.3 Å². The summed E-state index contributed by atoms with van der Waals surface area (Å²) in [6.07, 6.45) is 7.14. The summed E-state index contributed by atoms with van der Waals surface area (Å²) in [5.74, 6) is 2.46. The fraction of sp³-hybridized carbons (Fsp3) is 0.111. The van der Waals surface area contributed by atoms with E-state index in [9.17, 15) is 0 Å². The Kier molecular flexibility index (Phi) is 6.43. The van der Waals surface area contributed by atoms with Crippen LogP contribution in [0.1, 0.15) is 0 Å². The topological polar surface area (TPSA) is 113 Å². The molecule has 2 N–H and O–H groups in total. The average Bonchev–Trinajstić information content (AvgIpc) is 3.75. The number of ether oxygens (including phenoxy) is 3. The monoisotopic (exact) mass is 540 g/mol. The highest BCUT2D eigenvalue weighted by atomic mass is 32.1. The Morgan fingerprint density at radius 3 is 2.26 bits per heavy atom. The molecule has 0 aliphatic heterocycles. The predicted molar refractivity (Wildman–Crippen MR) is 151 cm³/mol. The van der Waals surface area contributed by atoms with Crippen LogP contribution in [0, 0.1) is 0 Å². The molecule has 0 fully saturated rings. The highest BCUT2D eigenvalue weighted by Crippen LogP contribution is 2.41. The molecule has 39 heavy (non-hydrogen) atoms. The first-order valence-corrected chi connectivity index (χ1v) is 12.8. The number of rotatable bonds is 9. The molecule has 0 saturated heterocycles. The molecule has 0 unspecified atom stereocenters. The largest absolute Gasteiger partial charge is 0.493 e. The van der Waals surface area contributed by atoms with Crippen molar-refractivity contribution in [3.63, 3.8) is 0 Å². The van der Waals surface area contributed by atoms with Gasteiger partial charge in [0.15, 0.2) is 28.5 Å². The van der Waals surface area contributed by atoms with Crippen molar-refractivity contribution in [2.75, 3.05) is 32.0 Å². The minimum atomic E-state index is 0.407. The highest BCUT2D eigenvalue weighted by Gasteiger charge is 2.18. The Bertz CT molecular complexity index is 1690. The first-order chi connectivity index (χ1) is 19.2. The first-order valence-electron chi connectivity index (χ1n) is 11.9. The lowest BCUT2D eigenvalue weighted by Crippen LogP contribution is -2.04. The Morgan fingerprint density at radius 1 is 0.821 bits per heavy atom. The van der Waals surface area contributed by atoms with Gasteiger partial charge in [0.1, 0.15) is 6.33 Å². The van der Waals surface area contributed by atoms with Crippen LogP contribution in [-0.2, 0) is 0 Å². The fourth-order valence-electron chi connectivity index (χ4n) is 4.17. The second-order valence-electron chi connectivity index (χ2n) is 8.34. The van der Waals surface area contributed by atoms with E-state index < -0.39 is 0 Å². The number of benzene rings is 2. The SMILES string of the molecule is COc1cc(Nc2nc(Nc3ccc(-n4ccnc4)cc3)nc3c2ncn3-c2ccsc2)cc(OC)c1OC. The summed E-state index contributed by atoms with van der Waals surface area (Å²) < 4.78 is 20.4. The normalized spacial score (nSPS) is 10.9. The van der Waals surface area contributed by atoms with Crippen molar-refractivity contribution in [1.29, 1.82) is 0 Å². The number of methoxy groups -OCH3 is 3. The Hall–Kier alpha value is -5.10. The number of hydrogen-bond acceptors (Lipinski definition) is 10. The molecule has 6 aromatic rings. The van der Waals surface area contributed by atoms with Gasteiger partial charge in [-0.05, 0) is 35.7 Å². The van der Waals surface area contributed by atoms with Gasteiger partial charge in [0.2, 0.25) is 11.7 Å². The molecule has 4 aromatic heterocycles. The number of imidazole rings is 2. The number of hydrogen-bond donors (Lipinski definition) is 2. The first kappa shape index (κ1) is 24.2. The van der Waals surface area contributed by atoms with E-state index in [1.165, 1.54) is 0 Å². The van der Waals surface area contributed by atoms with Crippen LogP contribution in [0.2, 0.25) is 0 Å². The molecule has 0 bridgehead atoms. The van der Waals surface area contributed by atoms with Crippen LogP contribution in [0.25, 0.3) is 22.5 Å². The second-order valence-corrected chi connectivity index (χ2v) is 9.13. The van der Waals surface area contributed by atoms with Crippen LogP contribution in [0.15, 0.2) is 78.3 Å². The van der Waals surface area contributed by atoms with Crippen molar-refractivity contribution < 1.29 is 14.2 Å². The smallest absolute Gasteiger partial charge is 0.231 e. The minimum Gasteiger partial charge on any atom is -0.493 e. The van der Waals surface area contributed by atoms with Crippen molar-refractivity contribution >= 4 is 45.6 Å². The van der Waals surface area contributed by atoms with Gasteiger partial charge in [-0.15, -0.1) is 0 Å². The van der Waals surface area contributed by atoms with Crippen LogP contribution >= 0.6 is 11.3 Å².